The van der Waals surface area contributed by atoms with Crippen LogP contribution in [0.3, 0.4) is 0 Å². The largest absolute Gasteiger partial charge is 0.453 e. The Kier molecular flexibility index (Phi) is 6.12. The number of anilines is 1. The van der Waals surface area contributed by atoms with Crippen LogP contribution < -0.4 is 10.6 Å². The molecular formula is C22H25FN6O4. The van der Waals surface area contributed by atoms with E-state index in [1.807, 2.05) is 13.0 Å². The smallest absolute Gasteiger partial charge is 0.408 e. The molecule has 2 aromatic rings. The lowest BCUT2D eigenvalue weighted by Gasteiger charge is -2.31. The molecule has 174 valence electrons. The van der Waals surface area contributed by atoms with Crippen LogP contribution in [0.4, 0.5) is 14.9 Å². The molecule has 4 rings (SSSR count). The number of carbonyl (C=O) groups excluding carboxylic acids is 3. The summed E-state index contributed by atoms with van der Waals surface area (Å²) in [5.74, 6) is -1.32. The van der Waals surface area contributed by atoms with Crippen molar-refractivity contribution in [2.45, 2.75) is 25.6 Å². The number of hydrogen-bond acceptors (Lipinski definition) is 6. The van der Waals surface area contributed by atoms with Crippen molar-refractivity contribution in [2.24, 2.45) is 10.9 Å². The van der Waals surface area contributed by atoms with Gasteiger partial charge in [-0.1, -0.05) is 6.07 Å². The van der Waals surface area contributed by atoms with Gasteiger partial charge in [-0.2, -0.15) is 5.10 Å². The number of amides is 3. The molecule has 0 saturated heterocycles. The van der Waals surface area contributed by atoms with Crippen LogP contribution in [-0.4, -0.2) is 72.3 Å². The zero-order chi connectivity index (χ0) is 23.7. The maximum Gasteiger partial charge on any atom is 0.408 e. The van der Waals surface area contributed by atoms with Gasteiger partial charge >= 0.3 is 6.09 Å². The van der Waals surface area contributed by atoms with Gasteiger partial charge in [0.1, 0.15) is 11.9 Å². The number of rotatable bonds is 6. The van der Waals surface area contributed by atoms with Crippen LogP contribution in [0.5, 0.6) is 0 Å². The van der Waals surface area contributed by atoms with Crippen LogP contribution >= 0.6 is 0 Å². The Balaban J connectivity index is 1.65. The SMILES string of the molecule is CN=Cc1ccc(-c2cc3n(n2)[C@@H](C)CN(CNC(=O)OC)C3=O)c(NC(=O)[C@H]2C[C@@H]2F)c1. The molecule has 10 nitrogen and oxygen atoms in total. The summed E-state index contributed by atoms with van der Waals surface area (Å²) in [7, 11) is 2.89. The molecular weight excluding hydrogens is 431 g/mol. The minimum Gasteiger partial charge on any atom is -0.453 e. The molecule has 0 spiro atoms. The zero-order valence-electron chi connectivity index (χ0n) is 18.5. The van der Waals surface area contributed by atoms with E-state index in [0.29, 0.717) is 29.2 Å². The molecule has 2 N–H and O–H groups in total. The van der Waals surface area contributed by atoms with Crippen LogP contribution in [0.1, 0.15) is 35.4 Å². The second kappa shape index (κ2) is 9.00. The molecule has 3 atom stereocenters. The zero-order valence-corrected chi connectivity index (χ0v) is 18.5. The van der Waals surface area contributed by atoms with Gasteiger partial charge in [0, 0.05) is 25.4 Å². The molecule has 1 fully saturated rings. The minimum atomic E-state index is -1.11. The minimum absolute atomic E-state index is 0.00844. The molecule has 2 aliphatic rings. The third kappa shape index (κ3) is 4.57. The van der Waals surface area contributed by atoms with Crippen LogP contribution in [0.15, 0.2) is 29.3 Å². The molecule has 33 heavy (non-hydrogen) atoms. The number of methoxy groups -OCH3 is 1. The van der Waals surface area contributed by atoms with E-state index < -0.39 is 18.2 Å². The number of aliphatic imine (C=N–C) groups is 1. The number of benzene rings is 1. The summed E-state index contributed by atoms with van der Waals surface area (Å²) >= 11 is 0. The molecule has 3 amide bonds. The monoisotopic (exact) mass is 456 g/mol. The van der Waals surface area contributed by atoms with Crippen molar-refractivity contribution in [2.75, 3.05) is 32.7 Å². The third-order valence-corrected chi connectivity index (χ3v) is 5.65. The van der Waals surface area contributed by atoms with E-state index in [-0.39, 0.29) is 30.9 Å². The highest BCUT2D eigenvalue weighted by Gasteiger charge is 2.44. The molecule has 0 radical (unpaired) electrons. The lowest BCUT2D eigenvalue weighted by molar-refractivity contribution is -0.117. The summed E-state index contributed by atoms with van der Waals surface area (Å²) < 4.78 is 19.6. The van der Waals surface area contributed by atoms with Crippen molar-refractivity contribution in [1.82, 2.24) is 20.0 Å². The number of ether oxygens (including phenoxy) is 1. The number of halogens is 1. The maximum absolute atomic E-state index is 13.4. The normalized spacial score (nSPS) is 21.6. The summed E-state index contributed by atoms with van der Waals surface area (Å²) in [5.41, 5.74) is 2.69. The van der Waals surface area contributed by atoms with Gasteiger partial charge in [0.05, 0.1) is 37.1 Å². The van der Waals surface area contributed by atoms with Crippen LogP contribution in [-0.2, 0) is 9.53 Å². The lowest BCUT2D eigenvalue weighted by Crippen LogP contribution is -2.47. The number of nitrogens with zero attached hydrogens (tertiary/aromatic N) is 4. The van der Waals surface area contributed by atoms with Crippen molar-refractivity contribution in [3.8, 4) is 11.3 Å². The highest BCUT2D eigenvalue weighted by molar-refractivity contribution is 6.00. The van der Waals surface area contributed by atoms with Gasteiger partial charge in [0.25, 0.3) is 5.91 Å². The molecule has 1 aliphatic heterocycles. The fraction of sp³-hybridized carbons (Fsp3) is 0.409. The number of hydrogen-bond donors (Lipinski definition) is 2. The van der Waals surface area contributed by atoms with E-state index in [1.165, 1.54) is 12.0 Å². The summed E-state index contributed by atoms with van der Waals surface area (Å²) in [6, 6.07) is 6.85. The Bertz CT molecular complexity index is 1130. The Morgan fingerprint density at radius 3 is 2.79 bits per heavy atom. The van der Waals surface area contributed by atoms with Crippen molar-refractivity contribution in [3.63, 3.8) is 0 Å². The van der Waals surface area contributed by atoms with Crippen molar-refractivity contribution < 1.29 is 23.5 Å². The maximum atomic E-state index is 13.4. The third-order valence-electron chi connectivity index (χ3n) is 5.65. The Hall–Kier alpha value is -3.76. The van der Waals surface area contributed by atoms with E-state index >= 15 is 0 Å². The van der Waals surface area contributed by atoms with Crippen LogP contribution in [0.25, 0.3) is 11.3 Å². The fourth-order valence-electron chi connectivity index (χ4n) is 3.81. The molecule has 0 unspecified atom stereocenters. The van der Waals surface area contributed by atoms with E-state index in [1.54, 1.807) is 36.1 Å². The first-order chi connectivity index (χ1) is 15.8. The molecule has 1 saturated carbocycles. The van der Waals surface area contributed by atoms with Gasteiger partial charge in [0.2, 0.25) is 5.91 Å². The predicted octanol–water partition coefficient (Wildman–Crippen LogP) is 2.23. The molecule has 1 aliphatic carbocycles. The quantitative estimate of drug-likeness (QED) is 0.647. The van der Waals surface area contributed by atoms with E-state index in [0.717, 1.165) is 5.56 Å². The number of alkyl halides is 1. The van der Waals surface area contributed by atoms with E-state index in [2.05, 4.69) is 25.5 Å². The van der Waals surface area contributed by atoms with Crippen molar-refractivity contribution in [1.29, 1.82) is 0 Å². The standard InChI is InChI=1S/C22H25FN6O4/c1-12-10-28(11-25-22(32)33-3)21(31)19-8-18(27-29(12)19)14-5-4-13(9-24-2)6-17(14)26-20(30)15-7-16(15)23/h4-6,8-9,12,15-16H,7,10-11H2,1-3H3,(H,25,32)(H,26,30)/t12-,15-,16-/m0/s1. The Labute approximate surface area is 189 Å². The molecule has 1 aromatic carbocycles. The van der Waals surface area contributed by atoms with E-state index in [9.17, 15) is 18.8 Å². The summed E-state index contributed by atoms with van der Waals surface area (Å²) in [6.45, 7) is 2.27. The summed E-state index contributed by atoms with van der Waals surface area (Å²) in [4.78, 5) is 42.3. The van der Waals surface area contributed by atoms with Gasteiger partial charge in [0.15, 0.2) is 0 Å². The first-order valence-corrected chi connectivity index (χ1v) is 10.5. The Morgan fingerprint density at radius 1 is 1.36 bits per heavy atom. The summed E-state index contributed by atoms with van der Waals surface area (Å²) in [5, 5.41) is 9.93. The average Bonchev–Trinajstić information content (AvgIpc) is 3.36. The Morgan fingerprint density at radius 2 is 2.12 bits per heavy atom. The second-order valence-electron chi connectivity index (χ2n) is 8.10. The molecule has 11 heteroatoms. The number of carbonyl (C=O) groups is 3. The number of fused-ring (bicyclic) bond motifs is 1. The van der Waals surface area contributed by atoms with Crippen molar-refractivity contribution >= 4 is 29.8 Å². The van der Waals surface area contributed by atoms with Crippen LogP contribution in [0, 0.1) is 5.92 Å². The predicted molar refractivity (Wildman–Crippen MR) is 119 cm³/mol. The van der Waals surface area contributed by atoms with Gasteiger partial charge in [-0.25, -0.2) is 9.18 Å². The van der Waals surface area contributed by atoms with Gasteiger partial charge in [-0.15, -0.1) is 0 Å². The van der Waals surface area contributed by atoms with Crippen LogP contribution in [0.2, 0.25) is 0 Å². The molecule has 1 aromatic heterocycles. The van der Waals surface area contributed by atoms with Gasteiger partial charge in [-0.3, -0.25) is 19.3 Å². The first kappa shape index (κ1) is 22.4. The topological polar surface area (TPSA) is 118 Å². The van der Waals surface area contributed by atoms with Gasteiger partial charge < -0.3 is 20.3 Å². The second-order valence-corrected chi connectivity index (χ2v) is 8.10. The number of aromatic nitrogens is 2. The molecule has 2 heterocycles. The average molecular weight is 456 g/mol. The number of alkyl carbamates (subject to hydrolysis) is 1. The van der Waals surface area contributed by atoms with E-state index in [4.69, 9.17) is 0 Å². The highest BCUT2D eigenvalue weighted by atomic mass is 19.1. The number of nitrogens with one attached hydrogen (secondary N) is 2. The first-order valence-electron chi connectivity index (χ1n) is 10.5. The summed E-state index contributed by atoms with van der Waals surface area (Å²) in [6.07, 6.45) is 0.122. The fourth-order valence-corrected chi connectivity index (χ4v) is 3.81. The highest BCUT2D eigenvalue weighted by Crippen LogP contribution is 2.37. The lowest BCUT2D eigenvalue weighted by atomic mass is 10.1. The van der Waals surface area contributed by atoms with Gasteiger partial charge in [-0.05, 0) is 37.1 Å². The molecule has 0 bridgehead atoms. The van der Waals surface area contributed by atoms with Crippen molar-refractivity contribution in [3.05, 3.63) is 35.5 Å².